The minimum Gasteiger partial charge on any atom is -0.252 e. The fourth-order valence-corrected chi connectivity index (χ4v) is 2.72. The van der Waals surface area contributed by atoms with Crippen LogP contribution < -0.4 is 0 Å². The van der Waals surface area contributed by atoms with Crippen molar-refractivity contribution in [2.75, 3.05) is 0 Å². The van der Waals surface area contributed by atoms with E-state index in [4.69, 9.17) is 23.2 Å². The van der Waals surface area contributed by atoms with E-state index in [1.165, 1.54) is 6.07 Å². The van der Waals surface area contributed by atoms with Crippen molar-refractivity contribution in [1.29, 1.82) is 0 Å². The molecule has 0 bridgehead atoms. The summed E-state index contributed by atoms with van der Waals surface area (Å²) in [4.78, 5) is 4.44. The summed E-state index contributed by atoms with van der Waals surface area (Å²) < 4.78 is 13.3. The molecular formula is C12H8Cl2FN. The number of hydrogen-bond donors (Lipinski definition) is 0. The molecule has 2 aromatic rings. The number of aromatic nitrogens is 1. The number of fused-ring (bicyclic) bond motifs is 2. The molecule has 0 N–H and O–H groups in total. The lowest BCUT2D eigenvalue weighted by Crippen LogP contribution is -1.93. The summed E-state index contributed by atoms with van der Waals surface area (Å²) in [5.41, 5.74) is 2.68. The molecule has 4 heteroatoms. The van der Waals surface area contributed by atoms with Crippen LogP contribution in [0.4, 0.5) is 4.39 Å². The number of pyridine rings is 1. The third kappa shape index (κ3) is 1.40. The standard InChI is InChI=1S/C12H8Cl2FN/c13-8-4-7-11(5-9(8)15)16-10-3-1-2-6(10)12(7)14/h4-5H,1-3H2. The van der Waals surface area contributed by atoms with Gasteiger partial charge in [0, 0.05) is 17.1 Å². The molecule has 0 amide bonds. The smallest absolute Gasteiger partial charge is 0.143 e. The molecule has 0 atom stereocenters. The van der Waals surface area contributed by atoms with Gasteiger partial charge in [0.1, 0.15) is 5.82 Å². The van der Waals surface area contributed by atoms with Crippen LogP contribution in [0.1, 0.15) is 17.7 Å². The third-order valence-electron chi connectivity index (χ3n) is 2.98. The summed E-state index contributed by atoms with van der Waals surface area (Å²) in [6.45, 7) is 0. The van der Waals surface area contributed by atoms with Gasteiger partial charge in [0.15, 0.2) is 0 Å². The zero-order valence-electron chi connectivity index (χ0n) is 8.36. The zero-order chi connectivity index (χ0) is 11.3. The Morgan fingerprint density at radius 1 is 1.19 bits per heavy atom. The number of halogens is 3. The molecule has 0 fully saturated rings. The molecule has 1 nitrogen and oxygen atoms in total. The van der Waals surface area contributed by atoms with E-state index in [0.717, 1.165) is 35.9 Å². The normalized spacial score (nSPS) is 14.4. The van der Waals surface area contributed by atoms with Gasteiger partial charge in [0.25, 0.3) is 0 Å². The predicted octanol–water partition coefficient (Wildman–Crippen LogP) is 4.17. The van der Waals surface area contributed by atoms with Crippen molar-refractivity contribution in [1.82, 2.24) is 4.98 Å². The van der Waals surface area contributed by atoms with Gasteiger partial charge in [-0.25, -0.2) is 4.39 Å². The zero-order valence-corrected chi connectivity index (χ0v) is 9.87. The Balaban J connectivity index is 2.41. The molecule has 1 heterocycles. The Labute approximate surface area is 102 Å². The van der Waals surface area contributed by atoms with Gasteiger partial charge in [-0.15, -0.1) is 0 Å². The first-order chi connectivity index (χ1) is 7.66. The van der Waals surface area contributed by atoms with Crippen LogP contribution >= 0.6 is 23.2 Å². The lowest BCUT2D eigenvalue weighted by atomic mass is 10.1. The van der Waals surface area contributed by atoms with Crippen molar-refractivity contribution < 1.29 is 4.39 Å². The molecule has 0 spiro atoms. The van der Waals surface area contributed by atoms with Crippen LogP contribution in [0, 0.1) is 5.82 Å². The van der Waals surface area contributed by atoms with Crippen LogP contribution in [0.15, 0.2) is 12.1 Å². The van der Waals surface area contributed by atoms with Gasteiger partial charge in [-0.2, -0.15) is 0 Å². The van der Waals surface area contributed by atoms with E-state index < -0.39 is 5.82 Å². The van der Waals surface area contributed by atoms with E-state index in [1.54, 1.807) is 6.07 Å². The molecule has 3 rings (SSSR count). The molecule has 0 aliphatic heterocycles. The molecular weight excluding hydrogens is 248 g/mol. The number of hydrogen-bond acceptors (Lipinski definition) is 1. The van der Waals surface area contributed by atoms with Crippen molar-refractivity contribution >= 4 is 34.1 Å². The topological polar surface area (TPSA) is 12.9 Å². The first-order valence-corrected chi connectivity index (χ1v) is 5.88. The van der Waals surface area contributed by atoms with Crippen LogP contribution in [0.5, 0.6) is 0 Å². The lowest BCUT2D eigenvalue weighted by Gasteiger charge is -2.07. The Hall–Kier alpha value is -0.860. The average molecular weight is 256 g/mol. The summed E-state index contributed by atoms with van der Waals surface area (Å²) in [7, 11) is 0. The van der Waals surface area contributed by atoms with Crippen molar-refractivity contribution in [3.8, 4) is 0 Å². The molecule has 1 aromatic carbocycles. The maximum Gasteiger partial charge on any atom is 0.143 e. The first-order valence-electron chi connectivity index (χ1n) is 5.13. The van der Waals surface area contributed by atoms with Crippen molar-refractivity contribution in [2.45, 2.75) is 19.3 Å². The van der Waals surface area contributed by atoms with Crippen molar-refractivity contribution in [3.63, 3.8) is 0 Å². The Kier molecular flexibility index (Phi) is 2.30. The highest BCUT2D eigenvalue weighted by atomic mass is 35.5. The molecule has 16 heavy (non-hydrogen) atoms. The Morgan fingerprint density at radius 2 is 2.00 bits per heavy atom. The largest absolute Gasteiger partial charge is 0.252 e. The summed E-state index contributed by atoms with van der Waals surface area (Å²) in [6.07, 6.45) is 2.94. The summed E-state index contributed by atoms with van der Waals surface area (Å²) in [5.74, 6) is -0.448. The quantitative estimate of drug-likeness (QED) is 0.689. The summed E-state index contributed by atoms with van der Waals surface area (Å²) in [6, 6.07) is 2.91. The van der Waals surface area contributed by atoms with Crippen LogP contribution in [0.3, 0.4) is 0 Å². The average Bonchev–Trinajstić information content (AvgIpc) is 2.70. The van der Waals surface area contributed by atoms with Gasteiger partial charge in [0.05, 0.1) is 15.6 Å². The van der Waals surface area contributed by atoms with E-state index in [2.05, 4.69) is 4.98 Å². The number of aryl methyl sites for hydroxylation is 1. The molecule has 1 aliphatic carbocycles. The summed E-state index contributed by atoms with van der Waals surface area (Å²) >= 11 is 12.0. The van der Waals surface area contributed by atoms with Gasteiger partial charge in [-0.05, 0) is 30.9 Å². The fraction of sp³-hybridized carbons (Fsp3) is 0.250. The highest BCUT2D eigenvalue weighted by molar-refractivity contribution is 6.37. The number of rotatable bonds is 0. The van der Waals surface area contributed by atoms with Crippen LogP contribution in [-0.2, 0) is 12.8 Å². The fourth-order valence-electron chi connectivity index (χ4n) is 2.20. The molecule has 0 radical (unpaired) electrons. The lowest BCUT2D eigenvalue weighted by molar-refractivity contribution is 0.630. The van der Waals surface area contributed by atoms with E-state index in [9.17, 15) is 4.39 Å². The molecule has 0 unspecified atom stereocenters. The van der Waals surface area contributed by atoms with E-state index in [-0.39, 0.29) is 5.02 Å². The van der Waals surface area contributed by atoms with Crippen LogP contribution in [-0.4, -0.2) is 4.98 Å². The molecule has 0 saturated carbocycles. The minimum atomic E-state index is -0.448. The second-order valence-corrected chi connectivity index (χ2v) is 4.77. The van der Waals surface area contributed by atoms with E-state index in [0.29, 0.717) is 10.5 Å². The molecule has 0 saturated heterocycles. The van der Waals surface area contributed by atoms with Gasteiger partial charge in [0.2, 0.25) is 0 Å². The van der Waals surface area contributed by atoms with Gasteiger partial charge in [-0.3, -0.25) is 4.98 Å². The summed E-state index contributed by atoms with van der Waals surface area (Å²) in [5, 5.41) is 1.52. The Bertz CT molecular complexity index is 595. The van der Waals surface area contributed by atoms with Gasteiger partial charge < -0.3 is 0 Å². The van der Waals surface area contributed by atoms with Crippen LogP contribution in [0.2, 0.25) is 10.0 Å². The maximum atomic E-state index is 13.3. The van der Waals surface area contributed by atoms with Crippen LogP contribution in [0.25, 0.3) is 10.9 Å². The highest BCUT2D eigenvalue weighted by Crippen LogP contribution is 2.35. The Morgan fingerprint density at radius 3 is 2.81 bits per heavy atom. The van der Waals surface area contributed by atoms with Crippen molar-refractivity contribution in [3.05, 3.63) is 39.3 Å². The van der Waals surface area contributed by atoms with E-state index in [1.807, 2.05) is 0 Å². The monoisotopic (exact) mass is 255 g/mol. The number of benzene rings is 1. The van der Waals surface area contributed by atoms with Gasteiger partial charge in [-0.1, -0.05) is 23.2 Å². The molecule has 82 valence electrons. The minimum absolute atomic E-state index is 0.0918. The first kappa shape index (κ1) is 10.3. The number of nitrogens with zero attached hydrogens (tertiary/aromatic N) is 1. The maximum absolute atomic E-state index is 13.3. The second-order valence-electron chi connectivity index (χ2n) is 3.99. The highest BCUT2D eigenvalue weighted by Gasteiger charge is 2.19. The van der Waals surface area contributed by atoms with E-state index >= 15 is 0 Å². The van der Waals surface area contributed by atoms with Gasteiger partial charge >= 0.3 is 0 Å². The third-order valence-corrected chi connectivity index (χ3v) is 3.71. The predicted molar refractivity (Wildman–Crippen MR) is 63.7 cm³/mol. The second kappa shape index (κ2) is 3.57. The van der Waals surface area contributed by atoms with Crippen molar-refractivity contribution in [2.24, 2.45) is 0 Å². The SMILES string of the molecule is Fc1cc2nc3c(c(Cl)c2cc1Cl)CCC3. The molecule has 1 aliphatic rings. The molecule has 1 aromatic heterocycles.